The highest BCUT2D eigenvalue weighted by molar-refractivity contribution is 5.87. The number of methoxy groups -OCH3 is 1. The quantitative estimate of drug-likeness (QED) is 0.675. The number of aromatic nitrogens is 2. The molecule has 3 aromatic rings. The molecule has 0 spiro atoms. The first-order valence-corrected chi connectivity index (χ1v) is 6.36. The van der Waals surface area contributed by atoms with Crippen LogP contribution in [0.1, 0.15) is 10.5 Å². The van der Waals surface area contributed by atoms with Crippen LogP contribution < -0.4 is 5.43 Å². The molecule has 0 aliphatic heterocycles. The van der Waals surface area contributed by atoms with Crippen molar-refractivity contribution in [2.75, 3.05) is 7.11 Å². The predicted molar refractivity (Wildman–Crippen MR) is 78.7 cm³/mol. The smallest absolute Gasteiger partial charge is 0.362 e. The molecule has 1 aromatic heterocycles. The van der Waals surface area contributed by atoms with Crippen LogP contribution in [0.25, 0.3) is 16.5 Å². The Morgan fingerprint density at radius 3 is 2.62 bits per heavy atom. The average molecular weight is 280 g/mol. The van der Waals surface area contributed by atoms with E-state index in [1.54, 1.807) is 0 Å². The topological polar surface area (TPSA) is 61.2 Å². The average Bonchev–Trinajstić information content (AvgIpc) is 2.54. The van der Waals surface area contributed by atoms with Crippen molar-refractivity contribution in [2.45, 2.75) is 0 Å². The highest BCUT2D eigenvalue weighted by atomic mass is 16.5. The van der Waals surface area contributed by atoms with E-state index in [9.17, 15) is 9.59 Å². The summed E-state index contributed by atoms with van der Waals surface area (Å²) < 4.78 is 6.05. The van der Waals surface area contributed by atoms with Gasteiger partial charge in [-0.15, -0.1) is 0 Å². The fourth-order valence-corrected chi connectivity index (χ4v) is 2.11. The van der Waals surface area contributed by atoms with Crippen molar-refractivity contribution in [3.63, 3.8) is 0 Å². The number of esters is 1. The molecule has 0 atom stereocenters. The summed E-state index contributed by atoms with van der Waals surface area (Å²) in [6, 6.07) is 15.0. The highest BCUT2D eigenvalue weighted by Gasteiger charge is 2.13. The molecular formula is C16H12N2O3. The molecule has 0 saturated heterocycles. The van der Waals surface area contributed by atoms with Crippen molar-refractivity contribution >= 4 is 16.7 Å². The number of fused-ring (bicyclic) bond motifs is 1. The molecule has 0 amide bonds. The van der Waals surface area contributed by atoms with Crippen LogP contribution in [0.5, 0.6) is 0 Å². The van der Waals surface area contributed by atoms with Gasteiger partial charge in [0.25, 0.3) is 0 Å². The molecule has 0 radical (unpaired) electrons. The SMILES string of the molecule is COC(=O)c1nn(-c2ccc3ccccc3c2)ccc1=O. The van der Waals surface area contributed by atoms with Gasteiger partial charge in [0.05, 0.1) is 12.8 Å². The molecule has 1 heterocycles. The van der Waals surface area contributed by atoms with Gasteiger partial charge in [-0.2, -0.15) is 5.10 Å². The van der Waals surface area contributed by atoms with Gasteiger partial charge in [0.15, 0.2) is 0 Å². The van der Waals surface area contributed by atoms with E-state index >= 15 is 0 Å². The third-order valence-electron chi connectivity index (χ3n) is 3.18. The van der Waals surface area contributed by atoms with E-state index in [0.29, 0.717) is 0 Å². The Morgan fingerprint density at radius 1 is 1.10 bits per heavy atom. The largest absolute Gasteiger partial charge is 0.464 e. The normalized spacial score (nSPS) is 10.5. The summed E-state index contributed by atoms with van der Waals surface area (Å²) in [4.78, 5) is 23.2. The van der Waals surface area contributed by atoms with Gasteiger partial charge in [0.2, 0.25) is 11.1 Å². The minimum Gasteiger partial charge on any atom is -0.464 e. The minimum atomic E-state index is -0.741. The van der Waals surface area contributed by atoms with E-state index in [4.69, 9.17) is 0 Å². The van der Waals surface area contributed by atoms with E-state index in [-0.39, 0.29) is 5.69 Å². The van der Waals surface area contributed by atoms with Gasteiger partial charge >= 0.3 is 5.97 Å². The van der Waals surface area contributed by atoms with Crippen LogP contribution in [0.2, 0.25) is 0 Å². The lowest BCUT2D eigenvalue weighted by Crippen LogP contribution is -2.21. The molecule has 0 bridgehead atoms. The van der Waals surface area contributed by atoms with Crippen molar-refractivity contribution < 1.29 is 9.53 Å². The molecule has 0 unspecified atom stereocenters. The first kappa shape index (κ1) is 13.1. The van der Waals surface area contributed by atoms with Crippen molar-refractivity contribution in [1.82, 2.24) is 9.78 Å². The fraction of sp³-hybridized carbons (Fsp3) is 0.0625. The Morgan fingerprint density at radius 2 is 1.86 bits per heavy atom. The summed E-state index contributed by atoms with van der Waals surface area (Å²) >= 11 is 0. The fourth-order valence-electron chi connectivity index (χ4n) is 2.11. The molecule has 0 aliphatic carbocycles. The lowest BCUT2D eigenvalue weighted by atomic mass is 10.1. The van der Waals surface area contributed by atoms with Crippen LogP contribution in [0.4, 0.5) is 0 Å². The second-order valence-electron chi connectivity index (χ2n) is 4.50. The standard InChI is InChI=1S/C16H12N2O3/c1-21-16(20)15-14(19)8-9-18(17-15)13-7-6-11-4-2-3-5-12(11)10-13/h2-10H,1H3. The number of benzene rings is 2. The number of nitrogens with zero attached hydrogens (tertiary/aromatic N) is 2. The summed E-state index contributed by atoms with van der Waals surface area (Å²) in [6.07, 6.45) is 1.53. The Hall–Kier alpha value is -2.95. The summed E-state index contributed by atoms with van der Waals surface area (Å²) in [6.45, 7) is 0. The molecule has 21 heavy (non-hydrogen) atoms. The predicted octanol–water partition coefficient (Wildman–Crippen LogP) is 2.17. The zero-order valence-corrected chi connectivity index (χ0v) is 11.3. The molecule has 5 nitrogen and oxygen atoms in total. The van der Waals surface area contributed by atoms with Crippen molar-refractivity contribution in [2.24, 2.45) is 0 Å². The molecule has 0 saturated carbocycles. The second-order valence-corrected chi connectivity index (χ2v) is 4.50. The van der Waals surface area contributed by atoms with Crippen LogP contribution in [0, 0.1) is 0 Å². The molecule has 0 N–H and O–H groups in total. The molecule has 3 rings (SSSR count). The maximum absolute atomic E-state index is 11.6. The summed E-state index contributed by atoms with van der Waals surface area (Å²) in [5.41, 5.74) is 0.0749. The maximum atomic E-state index is 11.6. The van der Waals surface area contributed by atoms with Gasteiger partial charge < -0.3 is 4.74 Å². The lowest BCUT2D eigenvalue weighted by molar-refractivity contribution is 0.0590. The van der Waals surface area contributed by atoms with Crippen LogP contribution in [0.3, 0.4) is 0 Å². The summed E-state index contributed by atoms with van der Waals surface area (Å²) in [5.74, 6) is -0.741. The zero-order chi connectivity index (χ0) is 14.8. The zero-order valence-electron chi connectivity index (χ0n) is 11.3. The van der Waals surface area contributed by atoms with E-state index < -0.39 is 11.4 Å². The minimum absolute atomic E-state index is 0.229. The number of carbonyl (C=O) groups is 1. The van der Waals surface area contributed by atoms with Gasteiger partial charge in [-0.1, -0.05) is 30.3 Å². The first-order valence-electron chi connectivity index (χ1n) is 6.36. The molecule has 0 aliphatic rings. The first-order chi connectivity index (χ1) is 10.2. The number of hydrogen-bond donors (Lipinski definition) is 0. The van der Waals surface area contributed by atoms with Crippen molar-refractivity contribution in [3.8, 4) is 5.69 Å². The van der Waals surface area contributed by atoms with Crippen molar-refractivity contribution in [3.05, 3.63) is 70.6 Å². The van der Waals surface area contributed by atoms with E-state index in [2.05, 4.69) is 9.84 Å². The van der Waals surface area contributed by atoms with E-state index in [0.717, 1.165) is 16.5 Å². The van der Waals surface area contributed by atoms with Crippen LogP contribution in [-0.2, 0) is 4.74 Å². The lowest BCUT2D eigenvalue weighted by Gasteiger charge is -2.07. The second kappa shape index (κ2) is 5.20. The molecule has 2 aromatic carbocycles. The van der Waals surface area contributed by atoms with Gasteiger partial charge in [-0.3, -0.25) is 4.79 Å². The van der Waals surface area contributed by atoms with Gasteiger partial charge in [0, 0.05) is 12.3 Å². The molecule has 0 fully saturated rings. The number of carbonyl (C=O) groups excluding carboxylic acids is 1. The van der Waals surface area contributed by atoms with Gasteiger partial charge in [-0.05, 0) is 22.9 Å². The monoisotopic (exact) mass is 280 g/mol. The number of hydrogen-bond acceptors (Lipinski definition) is 4. The highest BCUT2D eigenvalue weighted by Crippen LogP contribution is 2.17. The van der Waals surface area contributed by atoms with Crippen LogP contribution in [0.15, 0.2) is 59.5 Å². The molecular weight excluding hydrogens is 268 g/mol. The Kier molecular flexibility index (Phi) is 3.23. The third kappa shape index (κ3) is 2.41. The van der Waals surface area contributed by atoms with E-state index in [1.165, 1.54) is 24.1 Å². The third-order valence-corrected chi connectivity index (χ3v) is 3.18. The Balaban J connectivity index is 2.14. The van der Waals surface area contributed by atoms with Crippen molar-refractivity contribution in [1.29, 1.82) is 0 Å². The van der Waals surface area contributed by atoms with Crippen LogP contribution in [-0.4, -0.2) is 22.9 Å². The van der Waals surface area contributed by atoms with Gasteiger partial charge in [0.1, 0.15) is 0 Å². The van der Waals surface area contributed by atoms with Crippen LogP contribution >= 0.6 is 0 Å². The summed E-state index contributed by atoms with van der Waals surface area (Å²) in [7, 11) is 1.22. The number of ether oxygens (including phenoxy) is 1. The Labute approximate surface area is 120 Å². The molecule has 5 heteroatoms. The van der Waals surface area contributed by atoms with E-state index in [1.807, 2.05) is 42.5 Å². The molecule has 104 valence electrons. The Bertz CT molecular complexity index is 884. The number of rotatable bonds is 2. The van der Waals surface area contributed by atoms with Gasteiger partial charge in [-0.25, -0.2) is 9.48 Å². The summed E-state index contributed by atoms with van der Waals surface area (Å²) in [5, 5.41) is 6.21. The maximum Gasteiger partial charge on any atom is 0.362 e.